The highest BCUT2D eigenvalue weighted by Gasteiger charge is 2.20. The number of rotatable bonds is 4. The predicted molar refractivity (Wildman–Crippen MR) is 92.8 cm³/mol. The number of hydrogen-bond acceptors (Lipinski definition) is 3. The second-order valence-corrected chi connectivity index (χ2v) is 6.62. The predicted octanol–water partition coefficient (Wildman–Crippen LogP) is 3.54. The van der Waals surface area contributed by atoms with Gasteiger partial charge in [-0.3, -0.25) is 9.59 Å². The number of carbonyl (C=O) groups is 2. The van der Waals surface area contributed by atoms with E-state index in [1.807, 2.05) is 47.7 Å². The van der Waals surface area contributed by atoms with Crippen LogP contribution in [-0.2, 0) is 11.3 Å². The smallest absolute Gasteiger partial charge is 0.253 e. The van der Waals surface area contributed by atoms with Gasteiger partial charge in [-0.2, -0.15) is 11.3 Å². The highest BCUT2D eigenvalue weighted by Crippen LogP contribution is 2.22. The van der Waals surface area contributed by atoms with Gasteiger partial charge in [0.05, 0.1) is 0 Å². The SMILES string of the molecule is CN(Cc1ccsc1)C(=O)c1ccc(N2CCCCC2=O)cc1. The third kappa shape index (κ3) is 3.62. The zero-order valence-corrected chi connectivity index (χ0v) is 14.0. The minimum atomic E-state index is -0.00674. The standard InChI is InChI=1S/C18H20N2O2S/c1-19(12-14-9-11-23-13-14)18(22)15-5-7-16(8-6-15)20-10-3-2-4-17(20)21/h5-9,11,13H,2-4,10,12H2,1H3. The summed E-state index contributed by atoms with van der Waals surface area (Å²) < 4.78 is 0. The van der Waals surface area contributed by atoms with Crippen LogP contribution in [0.25, 0.3) is 0 Å². The van der Waals surface area contributed by atoms with Crippen molar-refractivity contribution in [2.45, 2.75) is 25.8 Å². The monoisotopic (exact) mass is 328 g/mol. The molecular weight excluding hydrogens is 308 g/mol. The maximum atomic E-state index is 12.5. The Kier molecular flexibility index (Phi) is 4.76. The van der Waals surface area contributed by atoms with Crippen LogP contribution in [0.2, 0.25) is 0 Å². The third-order valence-corrected chi connectivity index (χ3v) is 4.83. The van der Waals surface area contributed by atoms with Gasteiger partial charge in [0.2, 0.25) is 5.91 Å². The molecule has 5 heteroatoms. The van der Waals surface area contributed by atoms with Crippen molar-refractivity contribution < 1.29 is 9.59 Å². The van der Waals surface area contributed by atoms with E-state index in [-0.39, 0.29) is 11.8 Å². The van der Waals surface area contributed by atoms with E-state index in [1.54, 1.807) is 16.2 Å². The second-order valence-electron chi connectivity index (χ2n) is 5.84. The fourth-order valence-corrected chi connectivity index (χ4v) is 3.47. The third-order valence-electron chi connectivity index (χ3n) is 4.10. The first kappa shape index (κ1) is 15.7. The maximum absolute atomic E-state index is 12.5. The number of benzene rings is 1. The molecule has 4 nitrogen and oxygen atoms in total. The van der Waals surface area contributed by atoms with Gasteiger partial charge in [-0.05, 0) is 59.5 Å². The zero-order chi connectivity index (χ0) is 16.2. The zero-order valence-electron chi connectivity index (χ0n) is 13.2. The van der Waals surface area contributed by atoms with Crippen molar-refractivity contribution in [3.63, 3.8) is 0 Å². The molecule has 0 N–H and O–H groups in total. The average molecular weight is 328 g/mol. The van der Waals surface area contributed by atoms with Gasteiger partial charge in [0.1, 0.15) is 0 Å². The lowest BCUT2D eigenvalue weighted by Crippen LogP contribution is -2.35. The molecule has 1 aliphatic heterocycles. The van der Waals surface area contributed by atoms with Crippen molar-refractivity contribution in [3.05, 3.63) is 52.2 Å². The Hall–Kier alpha value is -2.14. The van der Waals surface area contributed by atoms with Gasteiger partial charge in [-0.1, -0.05) is 0 Å². The van der Waals surface area contributed by atoms with Crippen molar-refractivity contribution in [2.24, 2.45) is 0 Å². The van der Waals surface area contributed by atoms with E-state index in [1.165, 1.54) is 0 Å². The minimum absolute atomic E-state index is 0.00674. The summed E-state index contributed by atoms with van der Waals surface area (Å²) in [5.74, 6) is 0.164. The number of nitrogens with zero attached hydrogens (tertiary/aromatic N) is 2. The number of amides is 2. The molecule has 1 aromatic carbocycles. The van der Waals surface area contributed by atoms with E-state index in [9.17, 15) is 9.59 Å². The molecule has 0 bridgehead atoms. The largest absolute Gasteiger partial charge is 0.337 e. The van der Waals surface area contributed by atoms with Gasteiger partial charge in [-0.25, -0.2) is 0 Å². The molecule has 0 spiro atoms. The van der Waals surface area contributed by atoms with E-state index < -0.39 is 0 Å². The molecule has 0 aliphatic carbocycles. The molecule has 1 fully saturated rings. The van der Waals surface area contributed by atoms with Gasteiger partial charge in [0, 0.05) is 37.8 Å². The summed E-state index contributed by atoms with van der Waals surface area (Å²) in [4.78, 5) is 27.9. The molecule has 3 rings (SSSR count). The number of thiophene rings is 1. The van der Waals surface area contributed by atoms with Gasteiger partial charge >= 0.3 is 0 Å². The van der Waals surface area contributed by atoms with Crippen LogP contribution >= 0.6 is 11.3 Å². The van der Waals surface area contributed by atoms with E-state index in [2.05, 4.69) is 5.38 Å². The van der Waals surface area contributed by atoms with Gasteiger partial charge < -0.3 is 9.80 Å². The van der Waals surface area contributed by atoms with Crippen LogP contribution in [-0.4, -0.2) is 30.3 Å². The van der Waals surface area contributed by atoms with Gasteiger partial charge in [-0.15, -0.1) is 0 Å². The Balaban J connectivity index is 1.68. The second kappa shape index (κ2) is 6.96. The van der Waals surface area contributed by atoms with Crippen LogP contribution in [0.4, 0.5) is 5.69 Å². The van der Waals surface area contributed by atoms with Crippen LogP contribution in [0.15, 0.2) is 41.1 Å². The van der Waals surface area contributed by atoms with Gasteiger partial charge in [0.25, 0.3) is 5.91 Å². The first-order valence-corrected chi connectivity index (χ1v) is 8.76. The summed E-state index contributed by atoms with van der Waals surface area (Å²) in [6.45, 7) is 1.37. The number of piperidine rings is 1. The number of anilines is 1. The van der Waals surface area contributed by atoms with Crippen molar-refractivity contribution in [1.82, 2.24) is 4.90 Å². The number of hydrogen-bond donors (Lipinski definition) is 0. The Morgan fingerprint density at radius 2 is 2.00 bits per heavy atom. The quantitative estimate of drug-likeness (QED) is 0.861. The molecule has 1 aromatic heterocycles. The minimum Gasteiger partial charge on any atom is -0.337 e. The molecule has 2 amide bonds. The van der Waals surface area contributed by atoms with Crippen molar-refractivity contribution in [2.75, 3.05) is 18.5 Å². The molecule has 0 atom stereocenters. The fourth-order valence-electron chi connectivity index (χ4n) is 2.81. The van der Waals surface area contributed by atoms with Crippen molar-refractivity contribution >= 4 is 28.8 Å². The normalized spacial score (nSPS) is 14.8. The Morgan fingerprint density at radius 1 is 1.22 bits per heavy atom. The molecule has 1 aliphatic rings. The Morgan fingerprint density at radius 3 is 2.65 bits per heavy atom. The van der Waals surface area contributed by atoms with Crippen molar-refractivity contribution in [3.8, 4) is 0 Å². The van der Waals surface area contributed by atoms with Crippen LogP contribution in [0.5, 0.6) is 0 Å². The van der Waals surface area contributed by atoms with E-state index >= 15 is 0 Å². The van der Waals surface area contributed by atoms with E-state index in [0.717, 1.165) is 30.6 Å². The molecule has 2 aromatic rings. The molecule has 23 heavy (non-hydrogen) atoms. The summed E-state index contributed by atoms with van der Waals surface area (Å²) in [6.07, 6.45) is 2.62. The fraction of sp³-hybridized carbons (Fsp3) is 0.333. The van der Waals surface area contributed by atoms with Gasteiger partial charge in [0.15, 0.2) is 0 Å². The summed E-state index contributed by atoms with van der Waals surface area (Å²) in [5, 5.41) is 4.06. The highest BCUT2D eigenvalue weighted by molar-refractivity contribution is 7.07. The lowest BCUT2D eigenvalue weighted by molar-refractivity contribution is -0.119. The molecule has 1 saturated heterocycles. The summed E-state index contributed by atoms with van der Waals surface area (Å²) in [7, 11) is 1.81. The first-order valence-electron chi connectivity index (χ1n) is 7.82. The average Bonchev–Trinajstić information content (AvgIpc) is 3.08. The lowest BCUT2D eigenvalue weighted by Gasteiger charge is -2.27. The van der Waals surface area contributed by atoms with E-state index in [0.29, 0.717) is 18.5 Å². The summed E-state index contributed by atoms with van der Waals surface area (Å²) >= 11 is 1.63. The molecule has 0 unspecified atom stereocenters. The topological polar surface area (TPSA) is 40.6 Å². The molecule has 0 saturated carbocycles. The van der Waals surface area contributed by atoms with Crippen molar-refractivity contribution in [1.29, 1.82) is 0 Å². The lowest BCUT2D eigenvalue weighted by atomic mass is 10.1. The Labute approximate surface area is 140 Å². The molecular formula is C18H20N2O2S. The molecule has 120 valence electrons. The maximum Gasteiger partial charge on any atom is 0.253 e. The van der Waals surface area contributed by atoms with Crippen LogP contribution < -0.4 is 4.90 Å². The van der Waals surface area contributed by atoms with Crippen LogP contribution in [0.1, 0.15) is 35.2 Å². The van der Waals surface area contributed by atoms with E-state index in [4.69, 9.17) is 0 Å². The molecule has 2 heterocycles. The summed E-state index contributed by atoms with van der Waals surface area (Å²) in [5.41, 5.74) is 2.67. The first-order chi connectivity index (χ1) is 11.1. The molecule has 0 radical (unpaired) electrons. The highest BCUT2D eigenvalue weighted by atomic mass is 32.1. The van der Waals surface area contributed by atoms with Crippen LogP contribution in [0, 0.1) is 0 Å². The Bertz CT molecular complexity index is 680. The van der Waals surface area contributed by atoms with Crippen LogP contribution in [0.3, 0.4) is 0 Å². The number of carbonyl (C=O) groups excluding carboxylic acids is 2. The summed E-state index contributed by atoms with van der Waals surface area (Å²) in [6, 6.07) is 9.39.